The smallest absolute Gasteiger partial charge is 0.146 e. The fraction of sp³-hybridized carbons (Fsp3) is 0.923. The number of carbonyl (C=O) groups is 1. The van der Waals surface area contributed by atoms with Gasteiger partial charge in [-0.15, -0.1) is 0 Å². The Bertz CT molecular complexity index is 243. The first-order valence-electron chi connectivity index (χ1n) is 6.27. The monoisotopic (exact) mass is 354 g/mol. The van der Waals surface area contributed by atoms with E-state index in [4.69, 9.17) is 0 Å². The van der Waals surface area contributed by atoms with E-state index in [1.165, 1.54) is 0 Å². The SMILES string of the molecule is CC[C@H](I)C(=O)[C@H](CC)[Si](C)(C)C(C)(C)C. The zero-order valence-corrected chi connectivity index (χ0v) is 15.0. The predicted molar refractivity (Wildman–Crippen MR) is 84.3 cm³/mol. The number of halogens is 1. The van der Waals surface area contributed by atoms with Gasteiger partial charge in [-0.1, -0.05) is 70.3 Å². The van der Waals surface area contributed by atoms with E-state index in [9.17, 15) is 4.79 Å². The Kier molecular flexibility index (Phi) is 6.21. The highest BCUT2D eigenvalue weighted by molar-refractivity contribution is 14.1. The zero-order valence-electron chi connectivity index (χ0n) is 11.9. The summed E-state index contributed by atoms with van der Waals surface area (Å²) in [7, 11) is -1.53. The third-order valence-electron chi connectivity index (χ3n) is 4.22. The molecule has 0 aliphatic carbocycles. The van der Waals surface area contributed by atoms with Crippen molar-refractivity contribution in [1.29, 1.82) is 0 Å². The van der Waals surface area contributed by atoms with E-state index < -0.39 is 8.07 Å². The number of hydrogen-bond acceptors (Lipinski definition) is 1. The molecule has 0 fully saturated rings. The lowest BCUT2D eigenvalue weighted by atomic mass is 10.1. The molecule has 0 aromatic carbocycles. The molecule has 0 heterocycles. The van der Waals surface area contributed by atoms with Gasteiger partial charge in [0, 0.05) is 5.54 Å². The van der Waals surface area contributed by atoms with Gasteiger partial charge in [0.1, 0.15) is 5.78 Å². The van der Waals surface area contributed by atoms with Gasteiger partial charge in [0.2, 0.25) is 0 Å². The Balaban J connectivity index is 5.07. The number of Topliss-reactive ketones (excluding diaryl/α,β-unsaturated/α-hetero) is 1. The summed E-state index contributed by atoms with van der Waals surface area (Å²) in [6.45, 7) is 15.9. The molecule has 0 aromatic heterocycles. The van der Waals surface area contributed by atoms with Crippen LogP contribution in [0, 0.1) is 0 Å². The van der Waals surface area contributed by atoms with Gasteiger partial charge in [-0.05, 0) is 17.9 Å². The fourth-order valence-corrected chi connectivity index (χ4v) is 5.76. The lowest BCUT2D eigenvalue weighted by molar-refractivity contribution is -0.118. The Hall–Kier alpha value is 0.617. The highest BCUT2D eigenvalue weighted by Crippen LogP contribution is 2.46. The van der Waals surface area contributed by atoms with Crippen LogP contribution in [0.25, 0.3) is 0 Å². The minimum atomic E-state index is -1.53. The van der Waals surface area contributed by atoms with Crippen molar-refractivity contribution in [3.63, 3.8) is 0 Å². The van der Waals surface area contributed by atoms with Gasteiger partial charge >= 0.3 is 0 Å². The molecule has 3 heteroatoms. The van der Waals surface area contributed by atoms with Crippen molar-refractivity contribution >= 4 is 36.4 Å². The number of rotatable bonds is 5. The normalized spacial score (nSPS) is 17.0. The molecule has 0 aromatic rings. The Labute approximate surface area is 116 Å². The number of alkyl halides is 1. The average Bonchev–Trinajstić information content (AvgIpc) is 2.15. The van der Waals surface area contributed by atoms with Gasteiger partial charge in [0.15, 0.2) is 0 Å². The number of hydrogen-bond donors (Lipinski definition) is 0. The molecule has 0 saturated carbocycles. The second kappa shape index (κ2) is 5.98. The van der Waals surface area contributed by atoms with Crippen LogP contribution in [0.1, 0.15) is 47.5 Å². The first kappa shape index (κ1) is 16.6. The molecule has 0 aliphatic heterocycles. The largest absolute Gasteiger partial charge is 0.299 e. The molecule has 0 spiro atoms. The van der Waals surface area contributed by atoms with Gasteiger partial charge in [-0.3, -0.25) is 4.79 Å². The molecular formula is C13H27IOSi. The Morgan fingerprint density at radius 2 is 1.62 bits per heavy atom. The van der Waals surface area contributed by atoms with Crippen molar-refractivity contribution in [2.24, 2.45) is 0 Å². The maximum atomic E-state index is 12.4. The Morgan fingerprint density at radius 1 is 1.19 bits per heavy atom. The quantitative estimate of drug-likeness (QED) is 0.383. The second-order valence-electron chi connectivity index (χ2n) is 6.21. The van der Waals surface area contributed by atoms with Crippen LogP contribution in [0.4, 0.5) is 0 Å². The van der Waals surface area contributed by atoms with Gasteiger partial charge in [0.05, 0.1) is 12.0 Å². The van der Waals surface area contributed by atoms with Gasteiger partial charge in [-0.25, -0.2) is 0 Å². The topological polar surface area (TPSA) is 17.1 Å². The van der Waals surface area contributed by atoms with Crippen molar-refractivity contribution in [2.75, 3.05) is 0 Å². The molecular weight excluding hydrogens is 327 g/mol. The minimum Gasteiger partial charge on any atom is -0.299 e. The lowest BCUT2D eigenvalue weighted by Crippen LogP contribution is -2.46. The van der Waals surface area contributed by atoms with E-state index in [1.807, 2.05) is 0 Å². The van der Waals surface area contributed by atoms with E-state index in [1.54, 1.807) is 0 Å². The first-order valence-corrected chi connectivity index (χ1v) is 10.6. The van der Waals surface area contributed by atoms with Crippen molar-refractivity contribution < 1.29 is 4.79 Å². The predicted octanol–water partition coefficient (Wildman–Crippen LogP) is 5.06. The second-order valence-corrected chi connectivity index (χ2v) is 13.4. The number of ketones is 1. The fourth-order valence-electron chi connectivity index (χ4n) is 2.01. The molecule has 0 rings (SSSR count). The number of carbonyl (C=O) groups excluding carboxylic acids is 1. The van der Waals surface area contributed by atoms with Crippen LogP contribution in [-0.2, 0) is 4.79 Å². The molecule has 1 nitrogen and oxygen atoms in total. The minimum absolute atomic E-state index is 0.205. The van der Waals surface area contributed by atoms with E-state index in [-0.39, 0.29) is 3.92 Å². The van der Waals surface area contributed by atoms with Crippen molar-refractivity contribution in [1.82, 2.24) is 0 Å². The van der Waals surface area contributed by atoms with Gasteiger partial charge in [0.25, 0.3) is 0 Å². The summed E-state index contributed by atoms with van der Waals surface area (Å²) in [4.78, 5) is 12.4. The summed E-state index contributed by atoms with van der Waals surface area (Å²) in [5, 5.41) is 0.299. The molecule has 0 amide bonds. The van der Waals surface area contributed by atoms with Gasteiger partial charge < -0.3 is 0 Å². The summed E-state index contributed by atoms with van der Waals surface area (Å²) in [5.74, 6) is 0.497. The maximum Gasteiger partial charge on any atom is 0.146 e. The highest BCUT2D eigenvalue weighted by Gasteiger charge is 2.45. The highest BCUT2D eigenvalue weighted by atomic mass is 127. The van der Waals surface area contributed by atoms with Crippen LogP contribution >= 0.6 is 22.6 Å². The van der Waals surface area contributed by atoms with E-state index in [0.29, 0.717) is 16.4 Å². The lowest BCUT2D eigenvalue weighted by Gasteiger charge is -2.43. The maximum absolute atomic E-state index is 12.4. The van der Waals surface area contributed by atoms with Gasteiger partial charge in [-0.2, -0.15) is 0 Å². The van der Waals surface area contributed by atoms with Crippen molar-refractivity contribution in [2.45, 2.75) is 75.1 Å². The van der Waals surface area contributed by atoms with Crippen LogP contribution in [0.15, 0.2) is 0 Å². The van der Waals surface area contributed by atoms with Crippen LogP contribution in [-0.4, -0.2) is 17.8 Å². The van der Waals surface area contributed by atoms with Crippen LogP contribution < -0.4 is 0 Å². The van der Waals surface area contributed by atoms with E-state index in [2.05, 4.69) is 70.3 Å². The molecule has 16 heavy (non-hydrogen) atoms. The van der Waals surface area contributed by atoms with Crippen LogP contribution in [0.5, 0.6) is 0 Å². The molecule has 0 radical (unpaired) electrons. The Morgan fingerprint density at radius 3 is 1.88 bits per heavy atom. The van der Waals surface area contributed by atoms with Crippen molar-refractivity contribution in [3.05, 3.63) is 0 Å². The summed E-state index contributed by atoms with van der Waals surface area (Å²) in [5.41, 5.74) is 0.314. The average molecular weight is 354 g/mol. The summed E-state index contributed by atoms with van der Waals surface area (Å²) < 4.78 is 0.205. The molecule has 0 saturated heterocycles. The summed E-state index contributed by atoms with van der Waals surface area (Å²) >= 11 is 2.31. The van der Waals surface area contributed by atoms with E-state index >= 15 is 0 Å². The van der Waals surface area contributed by atoms with E-state index in [0.717, 1.165) is 12.8 Å². The molecule has 0 unspecified atom stereocenters. The summed E-state index contributed by atoms with van der Waals surface area (Å²) in [6.07, 6.45) is 1.97. The standard InChI is InChI=1S/C13H27IOSi/c1-8-10(14)12(15)11(9-2)16(6,7)13(3,4)5/h10-11H,8-9H2,1-7H3/t10-,11-/m0/s1. The molecule has 2 atom stereocenters. The first-order chi connectivity index (χ1) is 7.09. The molecule has 0 bridgehead atoms. The summed E-state index contributed by atoms with van der Waals surface area (Å²) in [6, 6.07) is 0. The van der Waals surface area contributed by atoms with Crippen LogP contribution in [0.2, 0.25) is 23.7 Å². The molecule has 0 N–H and O–H groups in total. The molecule has 96 valence electrons. The van der Waals surface area contributed by atoms with Crippen LogP contribution in [0.3, 0.4) is 0 Å². The molecule has 0 aliphatic rings. The van der Waals surface area contributed by atoms with Crippen molar-refractivity contribution in [3.8, 4) is 0 Å². The third kappa shape index (κ3) is 3.55. The third-order valence-corrected chi connectivity index (χ3v) is 12.0. The zero-order chi connectivity index (χ0) is 13.1.